The molecular weight excluding hydrogens is 675 g/mol. The van der Waals surface area contributed by atoms with Crippen LogP contribution < -0.4 is 14.8 Å². The van der Waals surface area contributed by atoms with E-state index in [9.17, 15) is 14.6 Å². The van der Waals surface area contributed by atoms with Gasteiger partial charge in [0.15, 0.2) is 12.6 Å². The summed E-state index contributed by atoms with van der Waals surface area (Å²) in [7, 11) is 1.47. The molecule has 10 nitrogen and oxygen atoms in total. The molecule has 3 N–H and O–H groups in total. The number of alkyl halides is 1. The Kier molecular flexibility index (Phi) is 10.2. The third kappa shape index (κ3) is 6.82. The summed E-state index contributed by atoms with van der Waals surface area (Å²) in [6, 6.07) is 13.1. The van der Waals surface area contributed by atoms with Crippen molar-refractivity contribution in [2.24, 2.45) is 0 Å². The first-order valence-corrected chi connectivity index (χ1v) is 17.1. The van der Waals surface area contributed by atoms with Gasteiger partial charge in [-0.3, -0.25) is 4.90 Å². The molecule has 5 aromatic rings. The van der Waals surface area contributed by atoms with Gasteiger partial charge < -0.3 is 29.7 Å². The summed E-state index contributed by atoms with van der Waals surface area (Å²) in [6.45, 7) is 1.12. The first-order chi connectivity index (χ1) is 25.2. The standard InChI is InChI=1S/C39H38F3N5O5/c1-3-28-31(41)9-8-25-15-27(52-22-50-2)16-29(33(25)28)35-34(42)36-30(37(45-35)43-12-10-23-6-4-7-24(14-23)32(49)20-48)18-44-38(46-36)51-21-39-11-5-13-47(39)19-26(40)17-39/h1,4,6-9,14-16,18,26,32,48-49H,5,10-13,17,19-22H2,2H3,(H,43,45)/t26-,32?,39+/m1/s1. The second kappa shape index (κ2) is 14.9. The molecule has 2 fully saturated rings. The van der Waals surface area contributed by atoms with E-state index in [2.05, 4.69) is 26.1 Å². The number of terminal acetylenes is 1. The zero-order valence-electron chi connectivity index (χ0n) is 28.5. The number of hydrogen-bond donors (Lipinski definition) is 3. The maximum Gasteiger partial charge on any atom is 0.317 e. The van der Waals surface area contributed by atoms with Crippen LogP contribution in [-0.2, 0) is 11.2 Å². The fraction of sp³-hybridized carbons (Fsp3) is 0.359. The van der Waals surface area contributed by atoms with Gasteiger partial charge in [0.05, 0.1) is 23.1 Å². The topological polar surface area (TPSA) is 122 Å². The minimum Gasteiger partial charge on any atom is -0.468 e. The third-order valence-electron chi connectivity index (χ3n) is 9.89. The number of aromatic nitrogens is 3. The number of aliphatic hydroxyl groups is 2. The second-order valence-electron chi connectivity index (χ2n) is 13.2. The molecule has 1 unspecified atom stereocenters. The smallest absolute Gasteiger partial charge is 0.317 e. The Morgan fingerprint density at radius 1 is 1.15 bits per heavy atom. The highest BCUT2D eigenvalue weighted by Crippen LogP contribution is 2.41. The molecule has 13 heteroatoms. The Morgan fingerprint density at radius 2 is 2.02 bits per heavy atom. The lowest BCUT2D eigenvalue weighted by Gasteiger charge is -2.30. The van der Waals surface area contributed by atoms with Gasteiger partial charge in [-0.1, -0.05) is 36.3 Å². The summed E-state index contributed by atoms with van der Waals surface area (Å²) in [5, 5.41) is 23.8. The average molecular weight is 714 g/mol. The van der Waals surface area contributed by atoms with Crippen molar-refractivity contribution in [2.75, 3.05) is 52.1 Å². The van der Waals surface area contributed by atoms with Crippen LogP contribution in [0.1, 0.15) is 42.1 Å². The number of aliphatic hydroxyl groups excluding tert-OH is 2. The molecular formula is C39H38F3N5O5. The summed E-state index contributed by atoms with van der Waals surface area (Å²) in [5.74, 6) is 1.49. The minimum atomic E-state index is -1.01. The normalized spacial score (nSPS) is 19.1. The lowest BCUT2D eigenvalue weighted by Crippen LogP contribution is -2.43. The summed E-state index contributed by atoms with van der Waals surface area (Å²) in [5.41, 5.74) is 0.825. The molecule has 2 aliphatic heterocycles. The lowest BCUT2D eigenvalue weighted by molar-refractivity contribution is 0.0512. The Bertz CT molecular complexity index is 2160. The molecule has 3 atom stereocenters. The molecule has 0 aliphatic carbocycles. The van der Waals surface area contributed by atoms with E-state index < -0.39 is 36.1 Å². The maximum absolute atomic E-state index is 17.0. The van der Waals surface area contributed by atoms with Crippen LogP contribution in [0.2, 0.25) is 0 Å². The molecule has 0 saturated carbocycles. The van der Waals surface area contributed by atoms with Crippen LogP contribution in [0, 0.1) is 24.0 Å². The SMILES string of the molecule is C#Cc1c(F)ccc2cc(OCOC)cc(-c3nc(NCCc4cccc(C(O)CO)c4)c4cnc(OC[C@@]56CCCN5C[C@H](F)C6)nc4c3F)c12. The lowest BCUT2D eigenvalue weighted by atomic mass is 9.95. The van der Waals surface area contributed by atoms with Gasteiger partial charge in [0, 0.05) is 43.8 Å². The summed E-state index contributed by atoms with van der Waals surface area (Å²) >= 11 is 0. The quantitative estimate of drug-likeness (QED) is 0.103. The molecule has 2 saturated heterocycles. The van der Waals surface area contributed by atoms with E-state index in [0.717, 1.165) is 24.9 Å². The van der Waals surface area contributed by atoms with E-state index in [1.54, 1.807) is 24.3 Å². The molecule has 2 aliphatic rings. The van der Waals surface area contributed by atoms with Gasteiger partial charge >= 0.3 is 6.01 Å². The van der Waals surface area contributed by atoms with Crippen LogP contribution in [0.15, 0.2) is 54.7 Å². The number of fused-ring (bicyclic) bond motifs is 3. The number of nitrogens with one attached hydrogen (secondary N) is 1. The number of nitrogens with zero attached hydrogens (tertiary/aromatic N) is 4. The highest BCUT2D eigenvalue weighted by molar-refractivity contribution is 6.03. The molecule has 0 radical (unpaired) electrons. The van der Waals surface area contributed by atoms with Gasteiger partial charge in [-0.05, 0) is 60.5 Å². The van der Waals surface area contributed by atoms with E-state index in [-0.39, 0.29) is 58.3 Å². The molecule has 0 spiro atoms. The number of halogens is 3. The first kappa shape index (κ1) is 35.4. The van der Waals surface area contributed by atoms with E-state index in [1.807, 2.05) is 6.07 Å². The van der Waals surface area contributed by atoms with Crippen molar-refractivity contribution in [1.29, 1.82) is 0 Å². The predicted molar refractivity (Wildman–Crippen MR) is 190 cm³/mol. The Labute approximate surface area is 298 Å². The Balaban J connectivity index is 1.32. The van der Waals surface area contributed by atoms with Gasteiger partial charge in [-0.2, -0.15) is 4.98 Å². The number of hydrogen-bond acceptors (Lipinski definition) is 10. The van der Waals surface area contributed by atoms with Crippen molar-refractivity contribution in [3.05, 3.63) is 83.1 Å². The number of anilines is 1. The summed E-state index contributed by atoms with van der Waals surface area (Å²) in [6.07, 6.45) is 7.80. The van der Waals surface area contributed by atoms with E-state index in [0.29, 0.717) is 42.6 Å². The Morgan fingerprint density at radius 3 is 2.83 bits per heavy atom. The van der Waals surface area contributed by atoms with Gasteiger partial charge in [0.1, 0.15) is 47.5 Å². The molecule has 52 heavy (non-hydrogen) atoms. The minimum absolute atomic E-state index is 0.0682. The highest BCUT2D eigenvalue weighted by Gasteiger charge is 2.49. The zero-order valence-corrected chi connectivity index (χ0v) is 28.5. The average Bonchev–Trinajstić information content (AvgIpc) is 3.69. The molecule has 2 aromatic heterocycles. The van der Waals surface area contributed by atoms with E-state index in [1.165, 1.54) is 31.5 Å². The predicted octanol–water partition coefficient (Wildman–Crippen LogP) is 5.72. The van der Waals surface area contributed by atoms with Gasteiger partial charge in [-0.25, -0.2) is 23.1 Å². The number of pyridine rings is 1. The largest absolute Gasteiger partial charge is 0.468 e. The van der Waals surface area contributed by atoms with Crippen molar-refractivity contribution in [2.45, 2.75) is 43.5 Å². The molecule has 4 heterocycles. The molecule has 7 rings (SSSR count). The third-order valence-corrected chi connectivity index (χ3v) is 9.89. The fourth-order valence-electron chi connectivity index (χ4n) is 7.41. The van der Waals surface area contributed by atoms with Gasteiger partial charge in [0.2, 0.25) is 0 Å². The van der Waals surface area contributed by atoms with Crippen LogP contribution in [0.25, 0.3) is 32.9 Å². The van der Waals surface area contributed by atoms with Crippen LogP contribution in [-0.4, -0.2) is 88.5 Å². The number of methoxy groups -OCH3 is 1. The fourth-order valence-corrected chi connectivity index (χ4v) is 7.41. The molecule has 270 valence electrons. The van der Waals surface area contributed by atoms with Crippen molar-refractivity contribution in [3.63, 3.8) is 0 Å². The second-order valence-corrected chi connectivity index (χ2v) is 13.2. The summed E-state index contributed by atoms with van der Waals surface area (Å²) < 4.78 is 63.4. The number of rotatable bonds is 13. The van der Waals surface area contributed by atoms with Crippen molar-refractivity contribution < 1.29 is 37.6 Å². The summed E-state index contributed by atoms with van der Waals surface area (Å²) in [4.78, 5) is 15.7. The molecule has 0 amide bonds. The van der Waals surface area contributed by atoms with Crippen molar-refractivity contribution in [1.82, 2.24) is 19.9 Å². The first-order valence-electron chi connectivity index (χ1n) is 17.1. The number of ether oxygens (including phenoxy) is 3. The van der Waals surface area contributed by atoms with Crippen LogP contribution in [0.5, 0.6) is 11.8 Å². The van der Waals surface area contributed by atoms with Crippen LogP contribution in [0.4, 0.5) is 19.0 Å². The zero-order chi connectivity index (χ0) is 36.4. The maximum atomic E-state index is 17.0. The molecule has 0 bridgehead atoms. The van der Waals surface area contributed by atoms with Crippen LogP contribution >= 0.6 is 0 Å². The Hall–Kier alpha value is -5.00. The molecule has 3 aromatic carbocycles. The monoisotopic (exact) mass is 713 g/mol. The van der Waals surface area contributed by atoms with E-state index >= 15 is 8.78 Å². The van der Waals surface area contributed by atoms with Crippen molar-refractivity contribution in [3.8, 4) is 35.4 Å². The van der Waals surface area contributed by atoms with Crippen LogP contribution in [0.3, 0.4) is 0 Å². The van der Waals surface area contributed by atoms with Crippen molar-refractivity contribution >= 4 is 27.5 Å². The van der Waals surface area contributed by atoms with Gasteiger partial charge in [-0.15, -0.1) is 6.42 Å². The number of benzene rings is 3. The van der Waals surface area contributed by atoms with E-state index in [4.69, 9.17) is 25.6 Å². The van der Waals surface area contributed by atoms with Gasteiger partial charge in [0.25, 0.3) is 0 Å². The highest BCUT2D eigenvalue weighted by atomic mass is 19.1.